The standard InChI is InChI=1S/C16H23NO2Si/c1-16(2,3)20(5,6)17-10-12(11-18)14-9-13(19-4)7-8-15(14)17/h7-11H,1-6H3. The number of carbonyl (C=O) groups is 1. The van der Waals surface area contributed by atoms with Crippen molar-refractivity contribution in [2.75, 3.05) is 7.11 Å². The molecule has 0 saturated carbocycles. The molecule has 0 amide bonds. The molecule has 0 aliphatic carbocycles. The third-order valence-electron chi connectivity index (χ3n) is 4.61. The minimum Gasteiger partial charge on any atom is -0.497 e. The molecule has 1 aromatic heterocycles. The molecule has 0 radical (unpaired) electrons. The Balaban J connectivity index is 2.76. The fourth-order valence-corrected chi connectivity index (χ4v) is 4.26. The summed E-state index contributed by atoms with van der Waals surface area (Å²) < 4.78 is 7.61. The number of ether oxygens (including phenoxy) is 1. The number of carbonyl (C=O) groups excluding carboxylic acids is 1. The molecule has 0 N–H and O–H groups in total. The smallest absolute Gasteiger partial charge is 0.161 e. The van der Waals surface area contributed by atoms with Crippen molar-refractivity contribution in [2.24, 2.45) is 0 Å². The summed E-state index contributed by atoms with van der Waals surface area (Å²) in [6, 6.07) is 5.96. The molecule has 3 nitrogen and oxygen atoms in total. The highest BCUT2D eigenvalue weighted by Gasteiger charge is 2.38. The van der Waals surface area contributed by atoms with Crippen LogP contribution in [0, 0.1) is 0 Å². The summed E-state index contributed by atoms with van der Waals surface area (Å²) >= 11 is 0. The van der Waals surface area contributed by atoms with Crippen LogP contribution in [0.15, 0.2) is 24.4 Å². The van der Waals surface area contributed by atoms with Crippen LogP contribution in [0.1, 0.15) is 31.1 Å². The van der Waals surface area contributed by atoms with Gasteiger partial charge in [0.25, 0.3) is 0 Å². The zero-order valence-corrected chi connectivity index (χ0v) is 14.2. The molecule has 0 aliphatic heterocycles. The average molecular weight is 289 g/mol. The molecule has 0 fully saturated rings. The van der Waals surface area contributed by atoms with Gasteiger partial charge in [-0.2, -0.15) is 0 Å². The van der Waals surface area contributed by atoms with E-state index in [2.05, 4.69) is 44.2 Å². The van der Waals surface area contributed by atoms with E-state index in [1.165, 1.54) is 0 Å². The van der Waals surface area contributed by atoms with Crippen molar-refractivity contribution in [2.45, 2.75) is 38.9 Å². The first kappa shape index (κ1) is 14.8. The number of hydrogen-bond donors (Lipinski definition) is 0. The third kappa shape index (κ3) is 2.18. The molecule has 0 aliphatic rings. The Labute approximate surface area is 121 Å². The van der Waals surface area contributed by atoms with E-state index in [1.54, 1.807) is 7.11 Å². The first-order valence-electron chi connectivity index (χ1n) is 6.87. The van der Waals surface area contributed by atoms with Gasteiger partial charge in [0.15, 0.2) is 14.5 Å². The summed E-state index contributed by atoms with van der Waals surface area (Å²) in [4.78, 5) is 11.4. The number of aldehydes is 1. The van der Waals surface area contributed by atoms with Gasteiger partial charge in [0.1, 0.15) is 5.75 Å². The topological polar surface area (TPSA) is 31.2 Å². The van der Waals surface area contributed by atoms with Crippen molar-refractivity contribution >= 4 is 25.4 Å². The SMILES string of the molecule is COc1ccc2c(c1)c(C=O)cn2[Si](C)(C)C(C)(C)C. The normalized spacial score (nSPS) is 12.7. The van der Waals surface area contributed by atoms with Gasteiger partial charge in [-0.05, 0) is 23.2 Å². The van der Waals surface area contributed by atoms with Gasteiger partial charge in [-0.1, -0.05) is 33.9 Å². The molecule has 1 heterocycles. The molecule has 0 unspecified atom stereocenters. The molecule has 0 atom stereocenters. The lowest BCUT2D eigenvalue weighted by Gasteiger charge is -2.38. The Morgan fingerprint density at radius 3 is 2.40 bits per heavy atom. The third-order valence-corrected chi connectivity index (χ3v) is 9.85. The molecule has 0 saturated heterocycles. The second kappa shape index (κ2) is 4.77. The van der Waals surface area contributed by atoms with Crippen LogP contribution in [-0.4, -0.2) is 25.9 Å². The number of benzene rings is 1. The fourth-order valence-electron chi connectivity index (χ4n) is 2.28. The highest BCUT2D eigenvalue weighted by Crippen LogP contribution is 2.39. The largest absolute Gasteiger partial charge is 0.497 e. The van der Waals surface area contributed by atoms with E-state index in [0.717, 1.165) is 28.5 Å². The van der Waals surface area contributed by atoms with E-state index < -0.39 is 8.24 Å². The van der Waals surface area contributed by atoms with Gasteiger partial charge in [-0.15, -0.1) is 0 Å². The van der Waals surface area contributed by atoms with Crippen molar-refractivity contribution in [1.29, 1.82) is 0 Å². The molecule has 108 valence electrons. The van der Waals surface area contributed by atoms with E-state index in [-0.39, 0.29) is 5.04 Å². The van der Waals surface area contributed by atoms with Crippen LogP contribution in [0.3, 0.4) is 0 Å². The molecular weight excluding hydrogens is 266 g/mol. The van der Waals surface area contributed by atoms with Crippen molar-refractivity contribution in [3.8, 4) is 5.75 Å². The zero-order valence-electron chi connectivity index (χ0n) is 13.2. The molecular formula is C16H23NO2Si. The summed E-state index contributed by atoms with van der Waals surface area (Å²) in [7, 11) is -0.106. The quantitative estimate of drug-likeness (QED) is 0.622. The monoisotopic (exact) mass is 289 g/mol. The predicted molar refractivity (Wildman–Crippen MR) is 86.5 cm³/mol. The van der Waals surface area contributed by atoms with Gasteiger partial charge in [0, 0.05) is 22.7 Å². The maximum atomic E-state index is 11.4. The van der Waals surface area contributed by atoms with Crippen LogP contribution in [0.2, 0.25) is 18.1 Å². The van der Waals surface area contributed by atoms with Crippen LogP contribution in [0.25, 0.3) is 10.9 Å². The molecule has 20 heavy (non-hydrogen) atoms. The Hall–Kier alpha value is -1.55. The summed E-state index contributed by atoms with van der Waals surface area (Å²) in [6.45, 7) is 11.5. The number of nitrogens with zero attached hydrogens (tertiary/aromatic N) is 1. The van der Waals surface area contributed by atoms with Crippen molar-refractivity contribution < 1.29 is 9.53 Å². The molecule has 2 rings (SSSR count). The average Bonchev–Trinajstić information content (AvgIpc) is 2.75. The van der Waals surface area contributed by atoms with Gasteiger partial charge < -0.3 is 8.97 Å². The number of aromatic nitrogens is 1. The number of hydrogen-bond acceptors (Lipinski definition) is 2. The fraction of sp³-hybridized carbons (Fsp3) is 0.438. The maximum Gasteiger partial charge on any atom is 0.161 e. The van der Waals surface area contributed by atoms with Crippen LogP contribution in [-0.2, 0) is 0 Å². The second-order valence-electron chi connectivity index (χ2n) is 6.76. The maximum absolute atomic E-state index is 11.4. The van der Waals surface area contributed by atoms with E-state index in [1.807, 2.05) is 18.3 Å². The van der Waals surface area contributed by atoms with Crippen LogP contribution in [0.4, 0.5) is 0 Å². The van der Waals surface area contributed by atoms with E-state index in [0.29, 0.717) is 0 Å². The Bertz CT molecular complexity index is 650. The number of methoxy groups -OCH3 is 1. The van der Waals surface area contributed by atoms with Gasteiger partial charge >= 0.3 is 0 Å². The van der Waals surface area contributed by atoms with Crippen molar-refractivity contribution in [1.82, 2.24) is 4.23 Å². The summed E-state index contributed by atoms with van der Waals surface area (Å²) in [5, 5.41) is 1.18. The van der Waals surface area contributed by atoms with Crippen LogP contribution < -0.4 is 4.74 Å². The summed E-state index contributed by atoms with van der Waals surface area (Å²) in [6.07, 6.45) is 2.94. The highest BCUT2D eigenvalue weighted by molar-refractivity contribution is 6.79. The van der Waals surface area contributed by atoms with E-state index >= 15 is 0 Å². The van der Waals surface area contributed by atoms with Gasteiger partial charge in [-0.25, -0.2) is 0 Å². The van der Waals surface area contributed by atoms with Crippen LogP contribution in [0.5, 0.6) is 5.75 Å². The highest BCUT2D eigenvalue weighted by atomic mass is 28.3. The van der Waals surface area contributed by atoms with Gasteiger partial charge in [0.05, 0.1) is 7.11 Å². The Morgan fingerprint density at radius 2 is 1.90 bits per heavy atom. The van der Waals surface area contributed by atoms with E-state index in [4.69, 9.17) is 4.74 Å². The second-order valence-corrected chi connectivity index (χ2v) is 11.9. The first-order valence-corrected chi connectivity index (χ1v) is 9.82. The van der Waals surface area contributed by atoms with Crippen molar-refractivity contribution in [3.63, 3.8) is 0 Å². The molecule has 0 spiro atoms. The molecule has 1 aromatic carbocycles. The molecule has 4 heteroatoms. The molecule has 0 bridgehead atoms. The minimum atomic E-state index is -1.75. The predicted octanol–water partition coefficient (Wildman–Crippen LogP) is 4.32. The Kier molecular flexibility index (Phi) is 3.54. The minimum absolute atomic E-state index is 0.207. The van der Waals surface area contributed by atoms with E-state index in [9.17, 15) is 4.79 Å². The summed E-state index contributed by atoms with van der Waals surface area (Å²) in [5.41, 5.74) is 1.86. The summed E-state index contributed by atoms with van der Waals surface area (Å²) in [5.74, 6) is 0.786. The number of fused-ring (bicyclic) bond motifs is 1. The van der Waals surface area contributed by atoms with Gasteiger partial charge in [-0.3, -0.25) is 4.79 Å². The first-order chi connectivity index (χ1) is 9.22. The lowest BCUT2D eigenvalue weighted by molar-refractivity contribution is 0.112. The van der Waals surface area contributed by atoms with Crippen LogP contribution >= 0.6 is 0 Å². The van der Waals surface area contributed by atoms with Crippen molar-refractivity contribution in [3.05, 3.63) is 30.0 Å². The lowest BCUT2D eigenvalue weighted by Crippen LogP contribution is -2.44. The van der Waals surface area contributed by atoms with Gasteiger partial charge in [0.2, 0.25) is 0 Å². The zero-order chi connectivity index (χ0) is 15.1. The molecule has 2 aromatic rings. The number of rotatable bonds is 3. The Morgan fingerprint density at radius 1 is 1.25 bits per heavy atom. The lowest BCUT2D eigenvalue weighted by atomic mass is 10.2.